The fourth-order valence-corrected chi connectivity index (χ4v) is 3.18. The van der Waals surface area contributed by atoms with E-state index in [2.05, 4.69) is 48.3 Å². The SMILES string of the molecule is Cc1ccccc1[C@@H]1CCNCCS1. The Morgan fingerprint density at radius 2 is 2.14 bits per heavy atom. The monoisotopic (exact) mass is 207 g/mol. The maximum Gasteiger partial charge on any atom is 0.0312 e. The highest BCUT2D eigenvalue weighted by atomic mass is 32.2. The summed E-state index contributed by atoms with van der Waals surface area (Å²) in [5.74, 6) is 1.24. The highest BCUT2D eigenvalue weighted by molar-refractivity contribution is 7.99. The molecule has 0 saturated carbocycles. The molecule has 0 aromatic heterocycles. The minimum Gasteiger partial charge on any atom is -0.316 e. The van der Waals surface area contributed by atoms with Crippen LogP contribution in [0.1, 0.15) is 22.8 Å². The summed E-state index contributed by atoms with van der Waals surface area (Å²) >= 11 is 2.09. The van der Waals surface area contributed by atoms with Gasteiger partial charge in [0.2, 0.25) is 0 Å². The van der Waals surface area contributed by atoms with Crippen LogP contribution in [0.4, 0.5) is 0 Å². The van der Waals surface area contributed by atoms with Gasteiger partial charge in [-0.3, -0.25) is 0 Å². The van der Waals surface area contributed by atoms with Crippen LogP contribution in [0.2, 0.25) is 0 Å². The molecule has 0 spiro atoms. The van der Waals surface area contributed by atoms with Crippen LogP contribution in [0.5, 0.6) is 0 Å². The van der Waals surface area contributed by atoms with Crippen LogP contribution in [0, 0.1) is 6.92 Å². The summed E-state index contributed by atoms with van der Waals surface area (Å²) in [6.07, 6.45) is 1.26. The van der Waals surface area contributed by atoms with E-state index in [0.29, 0.717) is 5.25 Å². The normalized spacial score (nSPS) is 23.1. The van der Waals surface area contributed by atoms with Crippen LogP contribution in [-0.2, 0) is 0 Å². The maximum atomic E-state index is 3.45. The van der Waals surface area contributed by atoms with Gasteiger partial charge in [-0.05, 0) is 31.0 Å². The van der Waals surface area contributed by atoms with Gasteiger partial charge in [0.1, 0.15) is 0 Å². The van der Waals surface area contributed by atoms with Gasteiger partial charge in [0.25, 0.3) is 0 Å². The molecule has 14 heavy (non-hydrogen) atoms. The van der Waals surface area contributed by atoms with Crippen molar-refractivity contribution in [2.24, 2.45) is 0 Å². The Kier molecular flexibility index (Phi) is 3.49. The Morgan fingerprint density at radius 1 is 1.29 bits per heavy atom. The van der Waals surface area contributed by atoms with Gasteiger partial charge in [-0.25, -0.2) is 0 Å². The summed E-state index contributed by atoms with van der Waals surface area (Å²) < 4.78 is 0. The van der Waals surface area contributed by atoms with Gasteiger partial charge < -0.3 is 5.32 Å². The molecule has 1 heterocycles. The lowest BCUT2D eigenvalue weighted by Gasteiger charge is -2.15. The van der Waals surface area contributed by atoms with E-state index in [4.69, 9.17) is 0 Å². The molecule has 0 amide bonds. The van der Waals surface area contributed by atoms with Crippen molar-refractivity contribution in [3.63, 3.8) is 0 Å². The van der Waals surface area contributed by atoms with Gasteiger partial charge in [0.05, 0.1) is 0 Å². The lowest BCUT2D eigenvalue weighted by molar-refractivity contribution is 0.686. The minimum absolute atomic E-state index is 0.700. The second kappa shape index (κ2) is 4.85. The summed E-state index contributed by atoms with van der Waals surface area (Å²) in [6.45, 7) is 4.53. The Morgan fingerprint density at radius 3 is 3.00 bits per heavy atom. The van der Waals surface area contributed by atoms with E-state index in [-0.39, 0.29) is 0 Å². The van der Waals surface area contributed by atoms with Gasteiger partial charge in [-0.2, -0.15) is 11.8 Å². The van der Waals surface area contributed by atoms with Gasteiger partial charge in [0, 0.05) is 17.5 Å². The first-order chi connectivity index (χ1) is 6.88. The maximum absolute atomic E-state index is 3.45. The summed E-state index contributed by atoms with van der Waals surface area (Å²) in [5.41, 5.74) is 2.97. The summed E-state index contributed by atoms with van der Waals surface area (Å²) in [6, 6.07) is 8.77. The molecule has 76 valence electrons. The average Bonchev–Trinajstić information content (AvgIpc) is 2.47. The Hall–Kier alpha value is -0.470. The van der Waals surface area contributed by atoms with Crippen molar-refractivity contribution < 1.29 is 0 Å². The summed E-state index contributed by atoms with van der Waals surface area (Å²) in [7, 11) is 0. The third-order valence-corrected chi connectivity index (χ3v) is 4.05. The van der Waals surface area contributed by atoms with E-state index in [1.807, 2.05) is 0 Å². The quantitative estimate of drug-likeness (QED) is 0.760. The first-order valence-electron chi connectivity index (χ1n) is 5.26. The molecule has 1 aliphatic heterocycles. The summed E-state index contributed by atoms with van der Waals surface area (Å²) in [4.78, 5) is 0. The first kappa shape index (κ1) is 10.1. The number of nitrogens with one attached hydrogen (secondary N) is 1. The molecule has 1 aromatic rings. The van der Waals surface area contributed by atoms with Crippen molar-refractivity contribution in [2.45, 2.75) is 18.6 Å². The highest BCUT2D eigenvalue weighted by Crippen LogP contribution is 2.34. The van der Waals surface area contributed by atoms with Crippen molar-refractivity contribution in [3.8, 4) is 0 Å². The highest BCUT2D eigenvalue weighted by Gasteiger charge is 2.15. The molecule has 0 aliphatic carbocycles. The van der Waals surface area contributed by atoms with Gasteiger partial charge in [-0.1, -0.05) is 24.3 Å². The smallest absolute Gasteiger partial charge is 0.0312 e. The molecule has 0 bridgehead atoms. The summed E-state index contributed by atoms with van der Waals surface area (Å²) in [5, 5.41) is 4.15. The van der Waals surface area contributed by atoms with Gasteiger partial charge in [0.15, 0.2) is 0 Å². The second-order valence-corrected chi connectivity index (χ2v) is 5.07. The fourth-order valence-electron chi connectivity index (χ4n) is 1.91. The zero-order valence-corrected chi connectivity index (χ0v) is 9.44. The lowest BCUT2D eigenvalue weighted by Crippen LogP contribution is -2.15. The number of aryl methyl sites for hydroxylation is 1. The Bertz CT molecular complexity index is 290. The molecule has 0 radical (unpaired) electrons. The molecule has 1 N–H and O–H groups in total. The Labute approximate surface area is 90.3 Å². The third kappa shape index (κ3) is 2.31. The zero-order valence-electron chi connectivity index (χ0n) is 8.62. The Balaban J connectivity index is 2.16. The van der Waals surface area contributed by atoms with Gasteiger partial charge in [-0.15, -0.1) is 0 Å². The van der Waals surface area contributed by atoms with Crippen LogP contribution < -0.4 is 5.32 Å². The topological polar surface area (TPSA) is 12.0 Å². The van der Waals surface area contributed by atoms with E-state index in [9.17, 15) is 0 Å². The number of hydrogen-bond donors (Lipinski definition) is 1. The standard InChI is InChI=1S/C12H17NS/c1-10-4-2-3-5-11(10)12-6-7-13-8-9-14-12/h2-5,12-13H,6-9H2,1H3/t12-/m0/s1. The third-order valence-electron chi connectivity index (χ3n) is 2.72. The molecular weight excluding hydrogens is 190 g/mol. The number of benzene rings is 1. The predicted molar refractivity (Wildman–Crippen MR) is 63.9 cm³/mol. The lowest BCUT2D eigenvalue weighted by atomic mass is 10.0. The van der Waals surface area contributed by atoms with Crippen molar-refractivity contribution >= 4 is 11.8 Å². The second-order valence-electron chi connectivity index (χ2n) is 3.75. The largest absolute Gasteiger partial charge is 0.316 e. The molecule has 1 atom stereocenters. The molecule has 1 saturated heterocycles. The van der Waals surface area contributed by atoms with Crippen molar-refractivity contribution in [1.29, 1.82) is 0 Å². The molecule has 2 rings (SSSR count). The molecule has 1 fully saturated rings. The minimum atomic E-state index is 0.700. The molecule has 2 heteroatoms. The van der Waals surface area contributed by atoms with Crippen molar-refractivity contribution in [1.82, 2.24) is 5.32 Å². The zero-order chi connectivity index (χ0) is 9.80. The fraction of sp³-hybridized carbons (Fsp3) is 0.500. The number of thioether (sulfide) groups is 1. The predicted octanol–water partition coefficient (Wildman–Crippen LogP) is 2.76. The average molecular weight is 207 g/mol. The molecule has 0 unspecified atom stereocenters. The molecular formula is C12H17NS. The van der Waals surface area contributed by atoms with Crippen LogP contribution in [0.3, 0.4) is 0 Å². The van der Waals surface area contributed by atoms with Crippen LogP contribution in [0.15, 0.2) is 24.3 Å². The van der Waals surface area contributed by atoms with Crippen molar-refractivity contribution in [2.75, 3.05) is 18.8 Å². The number of hydrogen-bond acceptors (Lipinski definition) is 2. The first-order valence-corrected chi connectivity index (χ1v) is 6.30. The van der Waals surface area contributed by atoms with Crippen LogP contribution >= 0.6 is 11.8 Å². The van der Waals surface area contributed by atoms with E-state index in [1.54, 1.807) is 0 Å². The van der Waals surface area contributed by atoms with E-state index < -0.39 is 0 Å². The van der Waals surface area contributed by atoms with Crippen LogP contribution in [0.25, 0.3) is 0 Å². The number of rotatable bonds is 1. The molecule has 1 aliphatic rings. The van der Waals surface area contributed by atoms with E-state index >= 15 is 0 Å². The van der Waals surface area contributed by atoms with Gasteiger partial charge >= 0.3 is 0 Å². The molecule has 1 nitrogen and oxygen atoms in total. The van der Waals surface area contributed by atoms with E-state index in [1.165, 1.54) is 23.3 Å². The van der Waals surface area contributed by atoms with Crippen LogP contribution in [-0.4, -0.2) is 18.8 Å². The van der Waals surface area contributed by atoms with Crippen molar-refractivity contribution in [3.05, 3.63) is 35.4 Å². The van der Waals surface area contributed by atoms with E-state index in [0.717, 1.165) is 13.1 Å². The molecule has 1 aromatic carbocycles.